The average Bonchev–Trinajstić information content (AvgIpc) is 2.61. The summed E-state index contributed by atoms with van der Waals surface area (Å²) in [4.78, 5) is 18.4. The van der Waals surface area contributed by atoms with E-state index in [-0.39, 0.29) is 11.3 Å². The Bertz CT molecular complexity index is 601. The number of nitrogens with one attached hydrogen (secondary N) is 1. The largest absolute Gasteiger partial charge is 0.340 e. The third kappa shape index (κ3) is 9.33. The van der Waals surface area contributed by atoms with Crippen LogP contribution in [0.3, 0.4) is 0 Å². The van der Waals surface area contributed by atoms with Gasteiger partial charge in [0, 0.05) is 64.2 Å². The van der Waals surface area contributed by atoms with Crippen LogP contribution in [0.4, 0.5) is 0 Å². The van der Waals surface area contributed by atoms with Crippen molar-refractivity contribution < 1.29 is 9.00 Å². The van der Waals surface area contributed by atoms with Gasteiger partial charge in [-0.05, 0) is 43.2 Å². The Kier molecular flexibility index (Phi) is 8.94. The van der Waals surface area contributed by atoms with Crippen molar-refractivity contribution in [3.63, 3.8) is 0 Å². The Labute approximate surface area is 186 Å². The highest BCUT2D eigenvalue weighted by Crippen LogP contribution is 2.25. The van der Waals surface area contributed by atoms with Crippen LogP contribution in [0.25, 0.3) is 0 Å². The molecule has 2 saturated heterocycles. The molecule has 2 aliphatic rings. The number of thiol groups is 1. The maximum Gasteiger partial charge on any atom is 0.219 e. The van der Waals surface area contributed by atoms with Crippen molar-refractivity contribution >= 4 is 16.0 Å². The second-order valence-corrected chi connectivity index (χ2v) is 14.7. The predicted octanol–water partition coefficient (Wildman–Crippen LogP) is 2.23. The van der Waals surface area contributed by atoms with Gasteiger partial charge in [0.1, 0.15) is 0 Å². The molecule has 1 N–H and O–H groups in total. The van der Waals surface area contributed by atoms with E-state index in [1.807, 2.05) is 11.2 Å². The Morgan fingerprint density at radius 1 is 0.933 bits per heavy atom. The van der Waals surface area contributed by atoms with Gasteiger partial charge in [0.15, 0.2) is 0 Å². The van der Waals surface area contributed by atoms with Gasteiger partial charge in [-0.15, -0.1) is 0 Å². The number of likely N-dealkylation sites (tertiary alicyclic amines) is 1. The van der Waals surface area contributed by atoms with Crippen molar-refractivity contribution in [3.05, 3.63) is 0 Å². The summed E-state index contributed by atoms with van der Waals surface area (Å²) in [5.74, 6) is 0.937. The Hall–Kier alpha value is -0.500. The van der Waals surface area contributed by atoms with Gasteiger partial charge in [0.05, 0.1) is 0 Å². The molecule has 1 amide bonds. The monoisotopic (exact) mass is 444 g/mol. The summed E-state index contributed by atoms with van der Waals surface area (Å²) < 4.78 is 16.8. The molecule has 0 aromatic heterocycles. The summed E-state index contributed by atoms with van der Waals surface area (Å²) >= 11 is 0. The van der Waals surface area contributed by atoms with Gasteiger partial charge in [0.25, 0.3) is 0 Å². The zero-order valence-corrected chi connectivity index (χ0v) is 21.6. The molecule has 6 nitrogen and oxygen atoms in total. The van der Waals surface area contributed by atoms with Crippen LogP contribution in [-0.4, -0.2) is 95.2 Å². The molecule has 2 aliphatic heterocycles. The number of piperidine rings is 1. The van der Waals surface area contributed by atoms with E-state index in [4.69, 9.17) is 0 Å². The van der Waals surface area contributed by atoms with Crippen LogP contribution in [0.2, 0.25) is 0 Å². The fraction of sp³-hybridized carbons (Fsp3) is 0.957. The van der Waals surface area contributed by atoms with Crippen LogP contribution in [0, 0.1) is 10.8 Å². The minimum atomic E-state index is -2.33. The van der Waals surface area contributed by atoms with Crippen LogP contribution in [0.15, 0.2) is 0 Å². The lowest BCUT2D eigenvalue weighted by molar-refractivity contribution is -0.130. The maximum atomic E-state index is 13.3. The minimum absolute atomic E-state index is 0.127. The highest BCUT2D eigenvalue weighted by Gasteiger charge is 2.28. The highest BCUT2D eigenvalue weighted by molar-refractivity contribution is 8.00. The Morgan fingerprint density at radius 2 is 1.47 bits per heavy atom. The first kappa shape index (κ1) is 25.8. The van der Waals surface area contributed by atoms with Crippen LogP contribution >= 0.6 is 0 Å². The van der Waals surface area contributed by atoms with E-state index in [2.05, 4.69) is 49.1 Å². The van der Waals surface area contributed by atoms with Gasteiger partial charge in [-0.3, -0.25) is 18.6 Å². The van der Waals surface area contributed by atoms with Gasteiger partial charge >= 0.3 is 0 Å². The quantitative estimate of drug-likeness (QED) is 0.564. The van der Waals surface area contributed by atoms with Crippen molar-refractivity contribution in [2.24, 2.45) is 10.8 Å². The summed E-state index contributed by atoms with van der Waals surface area (Å²) in [7, 11) is -2.33. The smallest absolute Gasteiger partial charge is 0.219 e. The average molecular weight is 445 g/mol. The zero-order valence-electron chi connectivity index (χ0n) is 20.7. The lowest BCUT2D eigenvalue weighted by Gasteiger charge is -2.40. The lowest BCUT2D eigenvalue weighted by atomic mass is 9.89. The molecule has 2 heterocycles. The van der Waals surface area contributed by atoms with E-state index in [9.17, 15) is 9.00 Å². The van der Waals surface area contributed by atoms with Gasteiger partial charge in [-0.1, -0.05) is 44.7 Å². The fourth-order valence-corrected chi connectivity index (χ4v) is 6.95. The first-order chi connectivity index (χ1) is 13.7. The van der Waals surface area contributed by atoms with Crippen molar-refractivity contribution in [1.29, 1.82) is 0 Å². The molecule has 0 radical (unpaired) electrons. The van der Waals surface area contributed by atoms with Crippen LogP contribution in [0.5, 0.6) is 0 Å². The summed E-state index contributed by atoms with van der Waals surface area (Å²) in [6, 6.07) is 0.389. The van der Waals surface area contributed by atoms with Crippen molar-refractivity contribution in [2.75, 3.05) is 64.4 Å². The van der Waals surface area contributed by atoms with E-state index >= 15 is 0 Å². The van der Waals surface area contributed by atoms with Crippen molar-refractivity contribution in [1.82, 2.24) is 19.4 Å². The number of rotatable bonds is 8. The van der Waals surface area contributed by atoms with Gasteiger partial charge in [-0.2, -0.15) is 0 Å². The van der Waals surface area contributed by atoms with E-state index in [0.717, 1.165) is 77.4 Å². The second kappa shape index (κ2) is 10.4. The summed E-state index contributed by atoms with van der Waals surface area (Å²) in [5.41, 5.74) is 0.465. The maximum absolute atomic E-state index is 13.3. The molecule has 178 valence electrons. The van der Waals surface area contributed by atoms with Crippen LogP contribution < -0.4 is 4.72 Å². The Morgan fingerprint density at radius 3 is 1.97 bits per heavy atom. The first-order valence-corrected chi connectivity index (χ1v) is 14.1. The first-order valence-electron chi connectivity index (χ1n) is 11.8. The third-order valence-corrected chi connectivity index (χ3v) is 8.41. The van der Waals surface area contributed by atoms with Crippen molar-refractivity contribution in [2.45, 2.75) is 66.8 Å². The molecular formula is C23H48N4O2S. The number of carbonyl (C=O) groups is 1. The normalized spacial score (nSPS) is 21.8. The lowest BCUT2D eigenvalue weighted by Crippen LogP contribution is -2.51. The number of piperazine rings is 1. The summed E-state index contributed by atoms with van der Waals surface area (Å²) in [5, 5.41) is 0. The second-order valence-electron chi connectivity index (χ2n) is 11.8. The Balaban J connectivity index is 1.72. The third-order valence-electron chi connectivity index (χ3n) is 6.43. The molecule has 2 rings (SSSR count). The molecule has 0 unspecified atom stereocenters. The molecule has 0 saturated carbocycles. The van der Waals surface area contributed by atoms with E-state index in [0.29, 0.717) is 11.5 Å². The summed E-state index contributed by atoms with van der Waals surface area (Å²) in [6.07, 6.45) is 5.09. The highest BCUT2D eigenvalue weighted by atomic mass is 32.3. The molecule has 0 spiro atoms. The number of carbonyl (C=O) groups excluding carboxylic acids is 1. The molecule has 0 aromatic rings. The minimum Gasteiger partial charge on any atom is -0.340 e. The molecule has 0 bridgehead atoms. The molecular weight excluding hydrogens is 396 g/mol. The number of hydrogen-bond donors (Lipinski definition) is 2. The molecule has 2 fully saturated rings. The van der Waals surface area contributed by atoms with E-state index in [1.165, 1.54) is 0 Å². The van der Waals surface area contributed by atoms with E-state index in [1.54, 1.807) is 6.92 Å². The van der Waals surface area contributed by atoms with Gasteiger partial charge < -0.3 is 9.80 Å². The van der Waals surface area contributed by atoms with E-state index < -0.39 is 10.1 Å². The van der Waals surface area contributed by atoms with Crippen LogP contribution in [-0.2, 0) is 14.9 Å². The van der Waals surface area contributed by atoms with Crippen LogP contribution in [0.1, 0.15) is 60.8 Å². The number of amides is 1. The number of hydrogen-bond acceptors (Lipinski definition) is 4. The topological polar surface area (TPSA) is 55.9 Å². The standard InChI is InChI=1S/C23H48N4O2S/c1-20(28)27-15-13-26(14-16-27)19-23(5,6)10-17-30(7,29)24-21-8-11-25(12-9-21)18-22(2,3)4/h21,30H,8-19H2,1-7H3,(H,24,29). The zero-order chi connectivity index (χ0) is 22.6. The van der Waals surface area contributed by atoms with Gasteiger partial charge in [-0.25, -0.2) is 0 Å². The molecule has 30 heavy (non-hydrogen) atoms. The fourth-order valence-electron chi connectivity index (χ4n) is 4.76. The van der Waals surface area contributed by atoms with Gasteiger partial charge in [0.2, 0.25) is 5.91 Å². The molecule has 0 aromatic carbocycles. The molecule has 7 heteroatoms. The predicted molar refractivity (Wildman–Crippen MR) is 129 cm³/mol. The number of nitrogens with zero attached hydrogens (tertiary/aromatic N) is 3. The molecule has 0 aliphatic carbocycles. The van der Waals surface area contributed by atoms with Crippen molar-refractivity contribution in [3.8, 4) is 0 Å². The SMILES string of the molecule is CC(=O)N1CCN(CC(C)(C)CC[SH](C)(=O)NC2CCN(CC(C)(C)C)CC2)CC1. The summed E-state index contributed by atoms with van der Waals surface area (Å²) in [6.45, 7) is 21.0. The molecule has 0 atom stereocenters.